The van der Waals surface area contributed by atoms with Gasteiger partial charge < -0.3 is 10.6 Å². The Hall–Kier alpha value is -1.37. The summed E-state index contributed by atoms with van der Waals surface area (Å²) >= 11 is 0. The molecule has 1 aromatic rings. The summed E-state index contributed by atoms with van der Waals surface area (Å²) in [4.78, 5) is 8.59. The number of halogens is 3. The van der Waals surface area contributed by atoms with Gasteiger partial charge in [-0.3, -0.25) is 0 Å². The second-order valence-electron chi connectivity index (χ2n) is 6.16. The standard InChI is InChI=1S/C14H19F3N4/c1-3-10-20-9(2)4-11(21-10)19-7-12-5-13(12,8-18-6-12)14(15,16)17/h4,18H,3,5-8H2,1-2H3,(H,19,20,21)/t12-,13-/m1/s1. The van der Waals surface area contributed by atoms with Crippen molar-refractivity contribution in [3.63, 3.8) is 0 Å². The summed E-state index contributed by atoms with van der Waals surface area (Å²) in [6.45, 7) is 4.54. The highest BCUT2D eigenvalue weighted by atomic mass is 19.4. The maximum Gasteiger partial charge on any atom is 0.396 e. The van der Waals surface area contributed by atoms with Crippen LogP contribution in [0, 0.1) is 17.8 Å². The van der Waals surface area contributed by atoms with Crippen LogP contribution in [0.15, 0.2) is 6.07 Å². The van der Waals surface area contributed by atoms with Crippen molar-refractivity contribution in [1.29, 1.82) is 0 Å². The van der Waals surface area contributed by atoms with Gasteiger partial charge in [0.2, 0.25) is 0 Å². The highest BCUT2D eigenvalue weighted by Crippen LogP contribution is 2.72. The highest BCUT2D eigenvalue weighted by molar-refractivity contribution is 5.38. The molecule has 0 bridgehead atoms. The highest BCUT2D eigenvalue weighted by Gasteiger charge is 2.81. The van der Waals surface area contributed by atoms with Gasteiger partial charge >= 0.3 is 6.18 Å². The van der Waals surface area contributed by atoms with Gasteiger partial charge in [0, 0.05) is 43.2 Å². The van der Waals surface area contributed by atoms with E-state index in [-0.39, 0.29) is 13.0 Å². The monoisotopic (exact) mass is 300 g/mol. The van der Waals surface area contributed by atoms with E-state index in [4.69, 9.17) is 0 Å². The fraction of sp³-hybridized carbons (Fsp3) is 0.714. The summed E-state index contributed by atoms with van der Waals surface area (Å²) in [6, 6.07) is 1.77. The molecule has 0 aromatic carbocycles. The Morgan fingerprint density at radius 2 is 2.10 bits per heavy atom. The zero-order chi connectivity index (χ0) is 15.3. The van der Waals surface area contributed by atoms with Crippen molar-refractivity contribution in [3.8, 4) is 0 Å². The van der Waals surface area contributed by atoms with Crippen LogP contribution in [0.25, 0.3) is 0 Å². The van der Waals surface area contributed by atoms with Crippen molar-refractivity contribution in [2.45, 2.75) is 32.9 Å². The number of piperidine rings is 1. The fourth-order valence-electron chi connectivity index (χ4n) is 3.46. The number of nitrogens with zero attached hydrogens (tertiary/aromatic N) is 2. The predicted octanol–water partition coefficient (Wildman–Crippen LogP) is 2.30. The molecule has 2 aliphatic rings. The van der Waals surface area contributed by atoms with E-state index in [1.165, 1.54) is 0 Å². The van der Waals surface area contributed by atoms with Gasteiger partial charge in [-0.1, -0.05) is 6.92 Å². The molecule has 1 saturated carbocycles. The molecule has 3 rings (SSSR count). The first-order valence-corrected chi connectivity index (χ1v) is 7.18. The Morgan fingerprint density at radius 1 is 1.33 bits per heavy atom. The molecule has 0 radical (unpaired) electrons. The van der Waals surface area contributed by atoms with Crippen molar-refractivity contribution in [2.24, 2.45) is 10.8 Å². The van der Waals surface area contributed by atoms with Crippen LogP contribution >= 0.6 is 0 Å². The van der Waals surface area contributed by atoms with E-state index in [1.54, 1.807) is 6.07 Å². The molecule has 2 atom stereocenters. The summed E-state index contributed by atoms with van der Waals surface area (Å²) in [6.07, 6.45) is -3.24. The average Bonchev–Trinajstić information content (AvgIpc) is 2.93. The van der Waals surface area contributed by atoms with Crippen LogP contribution in [0.3, 0.4) is 0 Å². The first-order chi connectivity index (χ1) is 9.82. The molecule has 2 heterocycles. The zero-order valence-electron chi connectivity index (χ0n) is 12.1. The van der Waals surface area contributed by atoms with E-state index in [1.807, 2.05) is 13.8 Å². The number of nitrogens with one attached hydrogen (secondary N) is 2. The number of fused-ring (bicyclic) bond motifs is 1. The van der Waals surface area contributed by atoms with E-state index in [0.29, 0.717) is 31.2 Å². The van der Waals surface area contributed by atoms with Gasteiger partial charge in [0.05, 0.1) is 5.41 Å². The molecule has 2 N–H and O–H groups in total. The van der Waals surface area contributed by atoms with Crippen LogP contribution in [0.2, 0.25) is 0 Å². The molecule has 1 aliphatic carbocycles. The summed E-state index contributed by atoms with van der Waals surface area (Å²) < 4.78 is 39.7. The Balaban J connectivity index is 1.73. The molecule has 1 saturated heterocycles. The van der Waals surface area contributed by atoms with Crippen LogP contribution in [0.1, 0.15) is 24.9 Å². The number of alkyl halides is 3. The second-order valence-corrected chi connectivity index (χ2v) is 6.16. The average molecular weight is 300 g/mol. The number of aryl methyl sites for hydroxylation is 2. The maximum atomic E-state index is 13.2. The van der Waals surface area contributed by atoms with Crippen molar-refractivity contribution in [2.75, 3.05) is 25.0 Å². The number of hydrogen-bond acceptors (Lipinski definition) is 4. The van der Waals surface area contributed by atoms with Crippen LogP contribution < -0.4 is 10.6 Å². The molecule has 116 valence electrons. The van der Waals surface area contributed by atoms with E-state index < -0.39 is 17.0 Å². The first-order valence-electron chi connectivity index (χ1n) is 7.18. The van der Waals surface area contributed by atoms with Gasteiger partial charge in [-0.2, -0.15) is 13.2 Å². The van der Waals surface area contributed by atoms with Gasteiger partial charge in [0.15, 0.2) is 0 Å². The lowest BCUT2D eigenvalue weighted by Gasteiger charge is -2.21. The molecule has 2 fully saturated rings. The van der Waals surface area contributed by atoms with Gasteiger partial charge in [0.1, 0.15) is 11.6 Å². The molecule has 1 aliphatic heterocycles. The number of hydrogen-bond donors (Lipinski definition) is 2. The Bertz CT molecular complexity index is 560. The minimum Gasteiger partial charge on any atom is -0.369 e. The second kappa shape index (κ2) is 4.56. The lowest BCUT2D eigenvalue weighted by Crippen LogP contribution is -2.33. The third kappa shape index (κ3) is 2.18. The summed E-state index contributed by atoms with van der Waals surface area (Å²) in [5.41, 5.74) is -1.46. The summed E-state index contributed by atoms with van der Waals surface area (Å²) in [5, 5.41) is 5.98. The molecule has 0 amide bonds. The summed E-state index contributed by atoms with van der Waals surface area (Å²) in [5.74, 6) is 1.32. The number of anilines is 1. The largest absolute Gasteiger partial charge is 0.396 e. The van der Waals surface area contributed by atoms with E-state index >= 15 is 0 Å². The zero-order valence-corrected chi connectivity index (χ0v) is 12.1. The van der Waals surface area contributed by atoms with Gasteiger partial charge in [0.25, 0.3) is 0 Å². The fourth-order valence-corrected chi connectivity index (χ4v) is 3.46. The number of rotatable bonds is 4. The maximum absolute atomic E-state index is 13.2. The van der Waals surface area contributed by atoms with Gasteiger partial charge in [-0.25, -0.2) is 9.97 Å². The van der Waals surface area contributed by atoms with Gasteiger partial charge in [-0.15, -0.1) is 0 Å². The summed E-state index contributed by atoms with van der Waals surface area (Å²) in [7, 11) is 0. The molecular weight excluding hydrogens is 281 g/mol. The van der Waals surface area contributed by atoms with Gasteiger partial charge in [-0.05, 0) is 13.3 Å². The Morgan fingerprint density at radius 3 is 2.71 bits per heavy atom. The Kier molecular flexibility index (Phi) is 3.16. The lowest BCUT2D eigenvalue weighted by atomic mass is 9.95. The molecule has 1 aromatic heterocycles. The molecule has 0 unspecified atom stereocenters. The Labute approximate surface area is 121 Å². The SMILES string of the molecule is CCc1nc(C)cc(NC[C@@]23CNC[C@]2(C(F)(F)F)C3)n1. The normalized spacial score (nSPS) is 31.1. The topological polar surface area (TPSA) is 49.8 Å². The van der Waals surface area contributed by atoms with Crippen LogP contribution in [-0.2, 0) is 6.42 Å². The smallest absolute Gasteiger partial charge is 0.369 e. The molecule has 21 heavy (non-hydrogen) atoms. The van der Waals surface area contributed by atoms with E-state index in [0.717, 1.165) is 5.69 Å². The van der Waals surface area contributed by atoms with E-state index in [9.17, 15) is 13.2 Å². The van der Waals surface area contributed by atoms with Crippen LogP contribution in [0.4, 0.5) is 19.0 Å². The lowest BCUT2D eigenvalue weighted by molar-refractivity contribution is -0.190. The molecule has 0 spiro atoms. The number of aromatic nitrogens is 2. The van der Waals surface area contributed by atoms with Crippen molar-refractivity contribution in [3.05, 3.63) is 17.6 Å². The molecular formula is C14H19F3N4. The minimum atomic E-state index is -4.14. The van der Waals surface area contributed by atoms with E-state index in [2.05, 4.69) is 20.6 Å². The first kappa shape index (κ1) is 14.6. The van der Waals surface area contributed by atoms with Crippen LogP contribution in [0.5, 0.6) is 0 Å². The third-order valence-electron chi connectivity index (χ3n) is 4.79. The molecule has 7 heteroatoms. The van der Waals surface area contributed by atoms with Crippen molar-refractivity contribution in [1.82, 2.24) is 15.3 Å². The van der Waals surface area contributed by atoms with Crippen molar-refractivity contribution >= 4 is 5.82 Å². The quantitative estimate of drug-likeness (QED) is 0.896. The minimum absolute atomic E-state index is 0.0290. The predicted molar refractivity (Wildman–Crippen MR) is 73.0 cm³/mol. The van der Waals surface area contributed by atoms with Crippen molar-refractivity contribution < 1.29 is 13.2 Å². The van der Waals surface area contributed by atoms with Crippen LogP contribution in [-0.4, -0.2) is 35.8 Å². The third-order valence-corrected chi connectivity index (χ3v) is 4.79. The molecule has 4 nitrogen and oxygen atoms in total.